The second kappa shape index (κ2) is 7.13. The van der Waals surface area contributed by atoms with Crippen LogP contribution in [0.5, 0.6) is 0 Å². The molecule has 2 aromatic rings. The smallest absolute Gasteiger partial charge is 0.203 e. The number of aromatic nitrogens is 2. The van der Waals surface area contributed by atoms with E-state index in [-0.39, 0.29) is 0 Å². The number of nitrogens with one attached hydrogen (secondary N) is 1. The van der Waals surface area contributed by atoms with Gasteiger partial charge in [-0.2, -0.15) is 0 Å². The van der Waals surface area contributed by atoms with E-state index in [2.05, 4.69) is 59.9 Å². The number of anilines is 1. The number of unbranched alkanes of at least 4 members (excludes halogenated alkanes) is 1. The van der Waals surface area contributed by atoms with Crippen molar-refractivity contribution in [1.29, 1.82) is 0 Å². The lowest BCUT2D eigenvalue weighted by Crippen LogP contribution is -2.09. The fraction of sp³-hybridized carbons (Fsp3) is 0.471. The van der Waals surface area contributed by atoms with E-state index in [1.807, 2.05) is 12.4 Å². The molecule has 20 heavy (non-hydrogen) atoms. The molecule has 3 heteroatoms. The van der Waals surface area contributed by atoms with Gasteiger partial charge in [0.2, 0.25) is 5.95 Å². The molecule has 2 rings (SSSR count). The third-order valence-corrected chi connectivity index (χ3v) is 3.53. The zero-order chi connectivity index (χ0) is 14.4. The predicted octanol–water partition coefficient (Wildman–Crippen LogP) is 4.27. The van der Waals surface area contributed by atoms with E-state index in [1.54, 1.807) is 0 Å². The third-order valence-electron chi connectivity index (χ3n) is 3.53. The number of benzene rings is 1. The first kappa shape index (κ1) is 14.6. The fourth-order valence-electron chi connectivity index (χ4n) is 2.19. The van der Waals surface area contributed by atoms with Crippen molar-refractivity contribution in [2.75, 3.05) is 11.9 Å². The van der Waals surface area contributed by atoms with Crippen LogP contribution >= 0.6 is 0 Å². The molecule has 1 aromatic carbocycles. The molecule has 108 valence electrons. The maximum atomic E-state index is 4.38. The molecule has 1 heterocycles. The number of imidazole rings is 1. The van der Waals surface area contributed by atoms with Crippen molar-refractivity contribution in [3.63, 3.8) is 0 Å². The van der Waals surface area contributed by atoms with Gasteiger partial charge in [0.25, 0.3) is 0 Å². The Balaban J connectivity index is 2.00. The van der Waals surface area contributed by atoms with Crippen molar-refractivity contribution < 1.29 is 0 Å². The van der Waals surface area contributed by atoms with Gasteiger partial charge in [-0.05, 0) is 23.5 Å². The monoisotopic (exact) mass is 271 g/mol. The zero-order valence-electron chi connectivity index (χ0n) is 12.8. The van der Waals surface area contributed by atoms with Crippen molar-refractivity contribution in [2.45, 2.75) is 46.1 Å². The van der Waals surface area contributed by atoms with E-state index < -0.39 is 0 Å². The maximum Gasteiger partial charge on any atom is 0.203 e. The summed E-state index contributed by atoms with van der Waals surface area (Å²) in [5.74, 6) is 1.55. The Morgan fingerprint density at radius 2 is 1.95 bits per heavy atom. The van der Waals surface area contributed by atoms with Crippen molar-refractivity contribution in [3.8, 4) is 0 Å². The summed E-state index contributed by atoms with van der Waals surface area (Å²) in [5.41, 5.74) is 2.70. The highest BCUT2D eigenvalue weighted by molar-refractivity contribution is 5.29. The molecule has 0 fully saturated rings. The molecule has 3 nitrogen and oxygen atoms in total. The van der Waals surface area contributed by atoms with Crippen LogP contribution in [0.2, 0.25) is 0 Å². The number of hydrogen-bond donors (Lipinski definition) is 1. The molecule has 0 bridgehead atoms. The van der Waals surface area contributed by atoms with Crippen LogP contribution in [0.3, 0.4) is 0 Å². The molecule has 0 saturated carbocycles. The zero-order valence-corrected chi connectivity index (χ0v) is 12.8. The summed E-state index contributed by atoms with van der Waals surface area (Å²) < 4.78 is 2.17. The lowest BCUT2D eigenvalue weighted by molar-refractivity contribution is 0.774. The maximum absolute atomic E-state index is 4.38. The molecule has 0 aliphatic carbocycles. The summed E-state index contributed by atoms with van der Waals surface area (Å²) in [6.45, 7) is 8.50. The van der Waals surface area contributed by atoms with Gasteiger partial charge in [-0.1, -0.05) is 51.5 Å². The van der Waals surface area contributed by atoms with Crippen molar-refractivity contribution >= 4 is 5.95 Å². The Bertz CT molecular complexity index is 511. The van der Waals surface area contributed by atoms with Crippen LogP contribution in [0, 0.1) is 0 Å². The normalized spacial score (nSPS) is 11.0. The van der Waals surface area contributed by atoms with E-state index in [0.717, 1.165) is 19.0 Å². The predicted molar refractivity (Wildman–Crippen MR) is 85.3 cm³/mol. The molecule has 0 unspecified atom stereocenters. The van der Waals surface area contributed by atoms with E-state index in [1.165, 1.54) is 24.0 Å². The highest BCUT2D eigenvalue weighted by Gasteiger charge is 2.04. The summed E-state index contributed by atoms with van der Waals surface area (Å²) in [4.78, 5) is 4.38. The van der Waals surface area contributed by atoms with Gasteiger partial charge < -0.3 is 9.88 Å². The Labute approximate surface area is 122 Å². The number of nitrogens with zero attached hydrogens (tertiary/aromatic N) is 2. The molecule has 0 saturated heterocycles. The fourth-order valence-corrected chi connectivity index (χ4v) is 2.19. The minimum Gasteiger partial charge on any atom is -0.356 e. The summed E-state index contributed by atoms with van der Waals surface area (Å²) in [6, 6.07) is 8.87. The Morgan fingerprint density at radius 1 is 1.20 bits per heavy atom. The molecule has 0 aliphatic heterocycles. The highest BCUT2D eigenvalue weighted by Crippen LogP contribution is 2.16. The van der Waals surface area contributed by atoms with E-state index in [9.17, 15) is 0 Å². The van der Waals surface area contributed by atoms with Crippen LogP contribution in [0.4, 0.5) is 5.95 Å². The van der Waals surface area contributed by atoms with Gasteiger partial charge in [0, 0.05) is 18.9 Å². The van der Waals surface area contributed by atoms with Crippen molar-refractivity contribution in [3.05, 3.63) is 47.8 Å². The van der Waals surface area contributed by atoms with Gasteiger partial charge in [-0.15, -0.1) is 0 Å². The number of rotatable bonds is 7. The molecule has 1 N–H and O–H groups in total. The Morgan fingerprint density at radius 3 is 2.60 bits per heavy atom. The van der Waals surface area contributed by atoms with E-state index in [0.29, 0.717) is 5.92 Å². The molecule has 0 spiro atoms. The second-order valence-electron chi connectivity index (χ2n) is 5.56. The topological polar surface area (TPSA) is 29.9 Å². The van der Waals surface area contributed by atoms with Crippen LogP contribution in [0.25, 0.3) is 0 Å². The van der Waals surface area contributed by atoms with E-state index >= 15 is 0 Å². The van der Waals surface area contributed by atoms with E-state index in [4.69, 9.17) is 0 Å². The number of hydrogen-bond acceptors (Lipinski definition) is 2. The lowest BCUT2D eigenvalue weighted by atomic mass is 10.0. The third kappa shape index (κ3) is 3.86. The molecular formula is C17H25N3. The quantitative estimate of drug-likeness (QED) is 0.762. The Kier molecular flexibility index (Phi) is 5.22. The average molecular weight is 271 g/mol. The van der Waals surface area contributed by atoms with Crippen LogP contribution in [0.1, 0.15) is 50.7 Å². The minimum absolute atomic E-state index is 0.587. The molecule has 0 radical (unpaired) electrons. The first-order chi connectivity index (χ1) is 9.70. The largest absolute Gasteiger partial charge is 0.356 e. The first-order valence-corrected chi connectivity index (χ1v) is 7.54. The average Bonchev–Trinajstić information content (AvgIpc) is 2.87. The molecule has 0 aliphatic rings. The van der Waals surface area contributed by atoms with Crippen molar-refractivity contribution in [1.82, 2.24) is 9.55 Å². The lowest BCUT2D eigenvalue weighted by Gasteiger charge is -2.11. The standard InChI is InChI=1S/C17H25N3/c1-4-5-10-18-17-19-11-12-20(17)13-15-6-8-16(9-7-15)14(2)3/h6-9,11-12,14H,4-5,10,13H2,1-3H3,(H,18,19). The summed E-state index contributed by atoms with van der Waals surface area (Å²) in [7, 11) is 0. The van der Waals surface area contributed by atoms with Crippen LogP contribution < -0.4 is 5.32 Å². The van der Waals surface area contributed by atoms with Gasteiger partial charge in [-0.25, -0.2) is 4.98 Å². The van der Waals surface area contributed by atoms with Gasteiger partial charge >= 0.3 is 0 Å². The van der Waals surface area contributed by atoms with Crippen LogP contribution in [0.15, 0.2) is 36.7 Å². The van der Waals surface area contributed by atoms with Gasteiger partial charge in [0.1, 0.15) is 0 Å². The molecular weight excluding hydrogens is 246 g/mol. The molecule has 0 atom stereocenters. The summed E-state index contributed by atoms with van der Waals surface area (Å²) in [6.07, 6.45) is 6.27. The van der Waals surface area contributed by atoms with Crippen molar-refractivity contribution in [2.24, 2.45) is 0 Å². The minimum atomic E-state index is 0.587. The van der Waals surface area contributed by atoms with Crippen LogP contribution in [-0.4, -0.2) is 16.1 Å². The molecule has 0 amide bonds. The SMILES string of the molecule is CCCCNc1nccn1Cc1ccc(C(C)C)cc1. The summed E-state index contributed by atoms with van der Waals surface area (Å²) in [5, 5.41) is 3.40. The molecule has 1 aromatic heterocycles. The van der Waals surface area contributed by atoms with Gasteiger partial charge in [0.05, 0.1) is 6.54 Å². The summed E-state index contributed by atoms with van der Waals surface area (Å²) >= 11 is 0. The second-order valence-corrected chi connectivity index (χ2v) is 5.56. The Hall–Kier alpha value is -1.77. The first-order valence-electron chi connectivity index (χ1n) is 7.54. The highest BCUT2D eigenvalue weighted by atomic mass is 15.2. The van der Waals surface area contributed by atoms with Gasteiger partial charge in [-0.3, -0.25) is 0 Å². The van der Waals surface area contributed by atoms with Gasteiger partial charge in [0.15, 0.2) is 0 Å². The van der Waals surface area contributed by atoms with Crippen LogP contribution in [-0.2, 0) is 6.54 Å².